The van der Waals surface area contributed by atoms with Crippen molar-refractivity contribution in [1.29, 1.82) is 0 Å². The van der Waals surface area contributed by atoms with E-state index in [0.717, 1.165) is 5.56 Å². The molecule has 0 unspecified atom stereocenters. The Morgan fingerprint density at radius 1 is 1.32 bits per heavy atom. The van der Waals surface area contributed by atoms with Gasteiger partial charge in [-0.2, -0.15) is 17.5 Å². The van der Waals surface area contributed by atoms with E-state index in [1.54, 1.807) is 31.1 Å². The van der Waals surface area contributed by atoms with E-state index < -0.39 is 15.5 Å². The molecular weight excluding hydrogens is 400 g/mol. The van der Waals surface area contributed by atoms with Crippen molar-refractivity contribution in [2.24, 2.45) is 10.9 Å². The van der Waals surface area contributed by atoms with Crippen LogP contribution in [0.25, 0.3) is 0 Å². The number of guanidine groups is 1. The van der Waals surface area contributed by atoms with E-state index in [4.69, 9.17) is 0 Å². The van der Waals surface area contributed by atoms with Crippen LogP contribution >= 0.6 is 0 Å². The van der Waals surface area contributed by atoms with Gasteiger partial charge in [0, 0.05) is 40.3 Å². The van der Waals surface area contributed by atoms with Crippen LogP contribution < -0.4 is 5.32 Å². The fourth-order valence-electron chi connectivity index (χ4n) is 3.10. The molecule has 1 saturated heterocycles. The number of sulfonamides is 1. The van der Waals surface area contributed by atoms with Gasteiger partial charge >= 0.3 is 15.5 Å². The number of alkyl halides is 3. The predicted molar refractivity (Wildman–Crippen MR) is 98.5 cm³/mol. The molecule has 1 aromatic rings. The van der Waals surface area contributed by atoms with Crippen molar-refractivity contribution >= 4 is 16.0 Å². The zero-order chi connectivity index (χ0) is 20.9. The highest BCUT2D eigenvalue weighted by Crippen LogP contribution is 2.30. The maximum absolute atomic E-state index is 13.3. The van der Waals surface area contributed by atoms with Crippen LogP contribution in [0.15, 0.2) is 29.3 Å². The van der Waals surface area contributed by atoms with Crippen molar-refractivity contribution in [2.45, 2.75) is 24.9 Å². The van der Waals surface area contributed by atoms with Gasteiger partial charge in [-0.25, -0.2) is 12.8 Å². The number of nitrogens with zero attached hydrogens (tertiary/aromatic N) is 3. The largest absolute Gasteiger partial charge is 0.511 e. The van der Waals surface area contributed by atoms with Crippen molar-refractivity contribution in [3.8, 4) is 0 Å². The lowest BCUT2D eigenvalue weighted by Crippen LogP contribution is -2.47. The third kappa shape index (κ3) is 5.57. The van der Waals surface area contributed by atoms with Crippen LogP contribution in [0.5, 0.6) is 0 Å². The number of piperidine rings is 1. The molecule has 2 rings (SSSR count). The SMILES string of the molecule is CN=C(NCC1CCN(S(=O)(=O)C(F)(F)F)CC1)N(C)Cc1cccc(F)c1. The second-order valence-electron chi connectivity index (χ2n) is 6.71. The second kappa shape index (κ2) is 9.08. The minimum absolute atomic E-state index is 0.0269. The Labute approximate surface area is 162 Å². The standard InChI is InChI=1S/C17H24F4N4O2S/c1-22-16(24(2)12-14-4-3-5-15(18)10-14)23-11-13-6-8-25(9-7-13)28(26,27)17(19,20)21/h3-5,10,13H,6-9,11-12H2,1-2H3,(H,22,23). The molecule has 11 heteroatoms. The first kappa shape index (κ1) is 22.4. The van der Waals surface area contributed by atoms with E-state index in [9.17, 15) is 26.0 Å². The monoisotopic (exact) mass is 424 g/mol. The fraction of sp³-hybridized carbons (Fsp3) is 0.588. The Morgan fingerprint density at radius 3 is 2.50 bits per heavy atom. The molecule has 0 amide bonds. The highest BCUT2D eigenvalue weighted by atomic mass is 32.2. The number of aliphatic imine (C=N–C) groups is 1. The van der Waals surface area contributed by atoms with Gasteiger partial charge in [0.25, 0.3) is 0 Å². The van der Waals surface area contributed by atoms with Gasteiger partial charge in [-0.1, -0.05) is 12.1 Å². The van der Waals surface area contributed by atoms with Crippen LogP contribution in [0, 0.1) is 11.7 Å². The van der Waals surface area contributed by atoms with Crippen molar-refractivity contribution in [3.05, 3.63) is 35.6 Å². The number of hydrogen-bond donors (Lipinski definition) is 1. The molecule has 1 aliphatic rings. The second-order valence-corrected chi connectivity index (χ2v) is 8.64. The molecule has 1 aliphatic heterocycles. The molecule has 0 bridgehead atoms. The molecule has 0 aromatic heterocycles. The van der Waals surface area contributed by atoms with Gasteiger partial charge in [0.15, 0.2) is 5.96 Å². The molecule has 1 heterocycles. The summed E-state index contributed by atoms with van der Waals surface area (Å²) in [4.78, 5) is 5.96. The molecule has 0 aliphatic carbocycles. The first-order chi connectivity index (χ1) is 13.0. The molecule has 1 fully saturated rings. The zero-order valence-electron chi connectivity index (χ0n) is 15.7. The average Bonchev–Trinajstić information content (AvgIpc) is 2.61. The van der Waals surface area contributed by atoms with E-state index in [-0.39, 0.29) is 24.8 Å². The Hall–Kier alpha value is -1.88. The summed E-state index contributed by atoms with van der Waals surface area (Å²) in [6, 6.07) is 6.21. The summed E-state index contributed by atoms with van der Waals surface area (Å²) in [5.41, 5.74) is -4.49. The van der Waals surface area contributed by atoms with E-state index >= 15 is 0 Å². The summed E-state index contributed by atoms with van der Waals surface area (Å²) in [5.74, 6) is 0.267. The first-order valence-corrected chi connectivity index (χ1v) is 10.2. The number of benzene rings is 1. The highest BCUT2D eigenvalue weighted by Gasteiger charge is 2.50. The normalized spacial score (nSPS) is 17.6. The molecule has 158 valence electrons. The van der Waals surface area contributed by atoms with Crippen molar-refractivity contribution < 1.29 is 26.0 Å². The average molecular weight is 424 g/mol. The smallest absolute Gasteiger partial charge is 0.356 e. The lowest BCUT2D eigenvalue weighted by molar-refractivity contribution is -0.0496. The van der Waals surface area contributed by atoms with Gasteiger partial charge in [0.2, 0.25) is 0 Å². The van der Waals surface area contributed by atoms with Crippen LogP contribution in [0.3, 0.4) is 0 Å². The number of nitrogens with one attached hydrogen (secondary N) is 1. The summed E-state index contributed by atoms with van der Waals surface area (Å²) < 4.78 is 74.5. The van der Waals surface area contributed by atoms with Gasteiger partial charge in [0.1, 0.15) is 5.82 Å². The molecule has 0 radical (unpaired) electrons. The van der Waals surface area contributed by atoms with Crippen molar-refractivity contribution in [3.63, 3.8) is 0 Å². The highest BCUT2D eigenvalue weighted by molar-refractivity contribution is 7.90. The molecule has 0 spiro atoms. The molecule has 0 atom stereocenters. The van der Waals surface area contributed by atoms with Gasteiger partial charge in [-0.15, -0.1) is 0 Å². The quantitative estimate of drug-likeness (QED) is 0.448. The van der Waals surface area contributed by atoms with Gasteiger partial charge in [0.05, 0.1) is 0 Å². The van der Waals surface area contributed by atoms with Gasteiger partial charge in [-0.3, -0.25) is 4.99 Å². The van der Waals surface area contributed by atoms with Crippen LogP contribution in [0.4, 0.5) is 17.6 Å². The molecule has 1 aromatic carbocycles. The maximum atomic E-state index is 13.3. The number of halogens is 4. The minimum atomic E-state index is -5.26. The lowest BCUT2D eigenvalue weighted by atomic mass is 9.98. The Kier molecular flexibility index (Phi) is 7.27. The van der Waals surface area contributed by atoms with E-state index in [0.29, 0.717) is 36.2 Å². The fourth-order valence-corrected chi connectivity index (χ4v) is 4.09. The maximum Gasteiger partial charge on any atom is 0.511 e. The van der Waals surface area contributed by atoms with Crippen LogP contribution in [-0.4, -0.2) is 62.8 Å². The zero-order valence-corrected chi connectivity index (χ0v) is 16.5. The molecule has 1 N–H and O–H groups in total. The molecule has 6 nitrogen and oxygen atoms in total. The molecule has 28 heavy (non-hydrogen) atoms. The Balaban J connectivity index is 1.85. The summed E-state index contributed by atoms with van der Waals surface area (Å²) in [7, 11) is -1.87. The Morgan fingerprint density at radius 2 is 1.96 bits per heavy atom. The van der Waals surface area contributed by atoms with E-state index in [1.165, 1.54) is 12.1 Å². The third-order valence-corrected chi connectivity index (χ3v) is 6.27. The minimum Gasteiger partial charge on any atom is -0.356 e. The van der Waals surface area contributed by atoms with Gasteiger partial charge < -0.3 is 10.2 Å². The number of hydrogen-bond acceptors (Lipinski definition) is 3. The van der Waals surface area contributed by atoms with E-state index in [1.807, 2.05) is 0 Å². The van der Waals surface area contributed by atoms with Crippen molar-refractivity contribution in [1.82, 2.24) is 14.5 Å². The van der Waals surface area contributed by atoms with Crippen LogP contribution in [0.2, 0.25) is 0 Å². The predicted octanol–water partition coefficient (Wildman–Crippen LogP) is 2.39. The number of rotatable bonds is 5. The first-order valence-electron chi connectivity index (χ1n) is 8.77. The summed E-state index contributed by atoms with van der Waals surface area (Å²) in [5, 5.41) is 3.15. The van der Waals surface area contributed by atoms with Crippen LogP contribution in [0.1, 0.15) is 18.4 Å². The Bertz CT molecular complexity index is 791. The lowest BCUT2D eigenvalue weighted by Gasteiger charge is -2.32. The van der Waals surface area contributed by atoms with Crippen LogP contribution in [-0.2, 0) is 16.6 Å². The molecular formula is C17H24F4N4O2S. The summed E-state index contributed by atoms with van der Waals surface area (Å²) in [6.45, 7) is 0.567. The third-order valence-electron chi connectivity index (χ3n) is 4.64. The van der Waals surface area contributed by atoms with Crippen molar-refractivity contribution in [2.75, 3.05) is 33.7 Å². The molecule has 0 saturated carbocycles. The summed E-state index contributed by atoms with van der Waals surface area (Å²) >= 11 is 0. The van der Waals surface area contributed by atoms with E-state index in [2.05, 4.69) is 10.3 Å². The topological polar surface area (TPSA) is 65.0 Å². The summed E-state index contributed by atoms with van der Waals surface area (Å²) in [6.07, 6.45) is 0.653. The van der Waals surface area contributed by atoms with Gasteiger partial charge in [-0.05, 0) is 36.5 Å².